The molecule has 1 fully saturated rings. The van der Waals surface area contributed by atoms with E-state index in [4.69, 9.17) is 0 Å². The topological polar surface area (TPSA) is 12.0 Å². The monoisotopic (exact) mass is 164 g/mol. The van der Waals surface area contributed by atoms with Crippen molar-refractivity contribution in [2.75, 3.05) is 40.3 Å². The van der Waals surface area contributed by atoms with E-state index in [0.717, 1.165) is 0 Å². The third-order valence-electron chi connectivity index (χ3n) is 2.01. The van der Waals surface area contributed by atoms with Gasteiger partial charge in [0.1, 0.15) is 0 Å². The Balaban J connectivity index is 0.000000810. The summed E-state index contributed by atoms with van der Waals surface area (Å²) in [5.41, 5.74) is 0. The average molecular weight is 165 g/mol. The molecule has 0 spiro atoms. The lowest BCUT2D eigenvalue weighted by Gasteiger charge is -2.27. The minimum atomic E-state index is 0. The fourth-order valence-corrected chi connectivity index (χ4v) is 1.25. The fourth-order valence-electron chi connectivity index (χ4n) is 1.25. The van der Waals surface area contributed by atoms with Crippen molar-refractivity contribution in [2.45, 2.75) is 6.42 Å². The van der Waals surface area contributed by atoms with E-state index < -0.39 is 0 Å². The molecule has 0 amide bonds. The normalized spacial score (nSPS) is 24.6. The summed E-state index contributed by atoms with van der Waals surface area (Å²) in [6.45, 7) is 5.00. The largest absolute Gasteiger partial charge is 1.00 e. The summed E-state index contributed by atoms with van der Waals surface area (Å²) < 4.78 is 1.19. The number of likely N-dealkylation sites (N-methyl/N-ethyl adjacent to an activating group) is 1. The van der Waals surface area contributed by atoms with Gasteiger partial charge in [-0.3, -0.25) is 0 Å². The van der Waals surface area contributed by atoms with Crippen molar-refractivity contribution in [1.29, 1.82) is 0 Å². The smallest absolute Gasteiger partial charge is 0.0909 e. The summed E-state index contributed by atoms with van der Waals surface area (Å²) in [7, 11) is 4.60. The molecule has 0 aliphatic carbocycles. The second-order valence-electron chi connectivity index (χ2n) is 3.49. The molecule has 10 heavy (non-hydrogen) atoms. The van der Waals surface area contributed by atoms with Crippen molar-refractivity contribution >= 4 is 0 Å². The van der Waals surface area contributed by atoms with Gasteiger partial charge in [0.2, 0.25) is 0 Å². The zero-order chi connectivity index (χ0) is 6.74. The van der Waals surface area contributed by atoms with Crippen molar-refractivity contribution in [1.82, 2.24) is 5.32 Å². The first-order chi connectivity index (χ1) is 4.21. The molecule has 0 unspecified atom stereocenters. The van der Waals surface area contributed by atoms with Gasteiger partial charge in [0.05, 0.1) is 27.2 Å². The quantitative estimate of drug-likeness (QED) is 0.378. The standard InChI is InChI=1S/C7H17N2.ClH/c1-9(2)6-3-4-8-5-7-9;/h8H,3-7H2,1-2H3;1H/q+1;/p-1. The number of rotatable bonds is 0. The first kappa shape index (κ1) is 10.2. The maximum atomic E-state index is 3.39. The lowest BCUT2D eigenvalue weighted by atomic mass is 10.4. The van der Waals surface area contributed by atoms with Crippen LogP contribution >= 0.6 is 0 Å². The second kappa shape index (κ2) is 4.16. The van der Waals surface area contributed by atoms with E-state index in [-0.39, 0.29) is 12.4 Å². The van der Waals surface area contributed by atoms with Gasteiger partial charge in [0.25, 0.3) is 0 Å². The van der Waals surface area contributed by atoms with Gasteiger partial charge in [-0.15, -0.1) is 0 Å². The summed E-state index contributed by atoms with van der Waals surface area (Å²) in [5, 5.41) is 3.39. The van der Waals surface area contributed by atoms with Gasteiger partial charge in [-0.2, -0.15) is 0 Å². The van der Waals surface area contributed by atoms with Crippen molar-refractivity contribution in [3.05, 3.63) is 0 Å². The lowest BCUT2D eigenvalue weighted by molar-refractivity contribution is -0.887. The van der Waals surface area contributed by atoms with E-state index in [0.29, 0.717) is 0 Å². The van der Waals surface area contributed by atoms with E-state index in [1.807, 2.05) is 0 Å². The Morgan fingerprint density at radius 2 is 1.80 bits per heavy atom. The van der Waals surface area contributed by atoms with Crippen LogP contribution in [0.1, 0.15) is 6.42 Å². The maximum Gasteiger partial charge on any atom is 0.0909 e. The van der Waals surface area contributed by atoms with Crippen LogP contribution in [-0.2, 0) is 0 Å². The number of quaternary nitrogens is 1. The van der Waals surface area contributed by atoms with Crippen LogP contribution in [0.3, 0.4) is 0 Å². The van der Waals surface area contributed by atoms with Gasteiger partial charge >= 0.3 is 0 Å². The van der Waals surface area contributed by atoms with E-state index >= 15 is 0 Å². The average Bonchev–Trinajstić information content (AvgIpc) is 1.92. The third-order valence-corrected chi connectivity index (χ3v) is 2.01. The van der Waals surface area contributed by atoms with E-state index in [1.165, 1.54) is 37.1 Å². The highest BCUT2D eigenvalue weighted by Gasteiger charge is 2.15. The molecule has 0 atom stereocenters. The molecule has 1 saturated heterocycles. The highest BCUT2D eigenvalue weighted by Crippen LogP contribution is 1.99. The van der Waals surface area contributed by atoms with Gasteiger partial charge in [0.15, 0.2) is 0 Å². The molecule has 0 aromatic rings. The number of nitrogens with one attached hydrogen (secondary N) is 1. The number of halogens is 1. The molecule has 0 saturated carbocycles. The van der Waals surface area contributed by atoms with E-state index in [9.17, 15) is 0 Å². The Morgan fingerprint density at radius 1 is 1.10 bits per heavy atom. The van der Waals surface area contributed by atoms with E-state index in [2.05, 4.69) is 19.4 Å². The molecule has 2 nitrogen and oxygen atoms in total. The minimum Gasteiger partial charge on any atom is -1.00 e. The van der Waals surface area contributed by atoms with Crippen LogP contribution in [0.25, 0.3) is 0 Å². The zero-order valence-corrected chi connectivity index (χ0v) is 7.62. The predicted octanol–water partition coefficient (Wildman–Crippen LogP) is -2.94. The zero-order valence-electron chi connectivity index (χ0n) is 6.86. The highest BCUT2D eigenvalue weighted by atomic mass is 35.5. The molecule has 1 aliphatic rings. The molecular weight excluding hydrogens is 148 g/mol. The summed E-state index contributed by atoms with van der Waals surface area (Å²) in [6.07, 6.45) is 1.33. The number of nitrogens with zero attached hydrogens (tertiary/aromatic N) is 1. The van der Waals surface area contributed by atoms with Crippen LogP contribution in [0, 0.1) is 0 Å². The molecule has 62 valence electrons. The fraction of sp³-hybridized carbons (Fsp3) is 1.00. The Labute approximate surface area is 69.6 Å². The Hall–Kier alpha value is 0.210. The summed E-state index contributed by atoms with van der Waals surface area (Å²) in [5.74, 6) is 0. The van der Waals surface area contributed by atoms with Crippen molar-refractivity contribution in [2.24, 2.45) is 0 Å². The van der Waals surface area contributed by atoms with E-state index in [1.54, 1.807) is 0 Å². The Bertz CT molecular complexity index is 83.6. The lowest BCUT2D eigenvalue weighted by Crippen LogP contribution is -3.00. The summed E-state index contributed by atoms with van der Waals surface area (Å²) in [4.78, 5) is 0. The molecule has 3 heteroatoms. The second-order valence-corrected chi connectivity index (χ2v) is 3.49. The molecule has 1 aliphatic heterocycles. The SMILES string of the molecule is C[N+]1(C)CCCNCC1.[Cl-]. The summed E-state index contributed by atoms with van der Waals surface area (Å²) >= 11 is 0. The Kier molecular flexibility index (Phi) is 4.25. The van der Waals surface area contributed by atoms with Gasteiger partial charge in [0, 0.05) is 19.5 Å². The molecule has 0 radical (unpaired) electrons. The first-order valence-electron chi connectivity index (χ1n) is 3.73. The van der Waals surface area contributed by atoms with Crippen LogP contribution in [0.15, 0.2) is 0 Å². The van der Waals surface area contributed by atoms with Crippen LogP contribution in [0.2, 0.25) is 0 Å². The molecule has 1 heterocycles. The molecule has 1 rings (SSSR count). The maximum absolute atomic E-state index is 3.39. The van der Waals surface area contributed by atoms with Crippen LogP contribution < -0.4 is 17.7 Å². The predicted molar refractivity (Wildman–Crippen MR) is 39.3 cm³/mol. The van der Waals surface area contributed by atoms with Crippen molar-refractivity contribution < 1.29 is 16.9 Å². The molecule has 1 N–H and O–H groups in total. The van der Waals surface area contributed by atoms with Gasteiger partial charge in [-0.25, -0.2) is 0 Å². The molecule has 0 aromatic heterocycles. The van der Waals surface area contributed by atoms with Crippen molar-refractivity contribution in [3.8, 4) is 0 Å². The van der Waals surface area contributed by atoms with Crippen molar-refractivity contribution in [3.63, 3.8) is 0 Å². The number of hydrogen-bond acceptors (Lipinski definition) is 1. The number of hydrogen-bond donors (Lipinski definition) is 1. The first-order valence-corrected chi connectivity index (χ1v) is 3.73. The van der Waals surface area contributed by atoms with Crippen LogP contribution in [0.4, 0.5) is 0 Å². The molecular formula is C7H17ClN2. The minimum absolute atomic E-state index is 0. The van der Waals surface area contributed by atoms with Crippen LogP contribution in [-0.4, -0.2) is 44.8 Å². The van der Waals surface area contributed by atoms with Gasteiger partial charge < -0.3 is 22.2 Å². The Morgan fingerprint density at radius 3 is 2.50 bits per heavy atom. The molecule has 0 bridgehead atoms. The van der Waals surface area contributed by atoms with Gasteiger partial charge in [-0.05, 0) is 0 Å². The molecule has 0 aromatic carbocycles. The van der Waals surface area contributed by atoms with Gasteiger partial charge in [-0.1, -0.05) is 0 Å². The van der Waals surface area contributed by atoms with Crippen LogP contribution in [0.5, 0.6) is 0 Å². The highest BCUT2D eigenvalue weighted by molar-refractivity contribution is 4.51. The third kappa shape index (κ3) is 3.40. The summed E-state index contributed by atoms with van der Waals surface area (Å²) in [6, 6.07) is 0.